The number of amides is 1. The Morgan fingerprint density at radius 3 is 2.91 bits per heavy atom. The quantitative estimate of drug-likeness (QED) is 0.798. The molecule has 0 saturated carbocycles. The second kappa shape index (κ2) is 6.21. The summed E-state index contributed by atoms with van der Waals surface area (Å²) in [6.45, 7) is 3.34. The van der Waals surface area contributed by atoms with Crippen molar-refractivity contribution in [3.05, 3.63) is 41.4 Å². The van der Waals surface area contributed by atoms with Gasteiger partial charge in [0.05, 0.1) is 18.5 Å². The van der Waals surface area contributed by atoms with Crippen molar-refractivity contribution < 1.29 is 9.53 Å². The van der Waals surface area contributed by atoms with Gasteiger partial charge in [-0.15, -0.1) is 11.3 Å². The number of aryl methyl sites for hydroxylation is 1. The van der Waals surface area contributed by atoms with Gasteiger partial charge in [0.25, 0.3) is 0 Å². The van der Waals surface area contributed by atoms with Crippen LogP contribution in [0.25, 0.3) is 16.4 Å². The van der Waals surface area contributed by atoms with Crippen molar-refractivity contribution >= 4 is 23.1 Å². The smallest absolute Gasteiger partial charge is 0.222 e. The summed E-state index contributed by atoms with van der Waals surface area (Å²) in [4.78, 5) is 15.9. The Morgan fingerprint density at radius 1 is 1.35 bits per heavy atom. The van der Waals surface area contributed by atoms with E-state index in [9.17, 15) is 4.79 Å². The maximum absolute atomic E-state index is 11.3. The van der Waals surface area contributed by atoms with Crippen LogP contribution in [0.5, 0.6) is 5.75 Å². The number of aromatic nitrogens is 3. The van der Waals surface area contributed by atoms with E-state index >= 15 is 0 Å². The number of thiazole rings is 1. The largest absolute Gasteiger partial charge is 0.497 e. The minimum Gasteiger partial charge on any atom is -0.497 e. The van der Waals surface area contributed by atoms with Crippen LogP contribution in [-0.4, -0.2) is 27.8 Å². The van der Waals surface area contributed by atoms with Crippen LogP contribution in [0.2, 0.25) is 0 Å². The van der Waals surface area contributed by atoms with Crippen LogP contribution in [0.4, 0.5) is 5.82 Å². The lowest BCUT2D eigenvalue weighted by Crippen LogP contribution is -2.10. The van der Waals surface area contributed by atoms with Crippen molar-refractivity contribution in [1.82, 2.24) is 14.8 Å². The highest BCUT2D eigenvalue weighted by atomic mass is 32.1. The maximum Gasteiger partial charge on any atom is 0.222 e. The molecule has 23 heavy (non-hydrogen) atoms. The van der Waals surface area contributed by atoms with E-state index in [-0.39, 0.29) is 5.91 Å². The fraction of sp³-hybridized carbons (Fsp3) is 0.188. The number of hydrogen-bond acceptors (Lipinski definition) is 5. The van der Waals surface area contributed by atoms with Gasteiger partial charge in [0.1, 0.15) is 11.6 Å². The second-order valence-electron chi connectivity index (χ2n) is 5.01. The van der Waals surface area contributed by atoms with Gasteiger partial charge in [-0.05, 0) is 19.1 Å². The first-order valence-corrected chi connectivity index (χ1v) is 7.89. The third-order valence-electron chi connectivity index (χ3n) is 3.17. The summed E-state index contributed by atoms with van der Waals surface area (Å²) in [7, 11) is 1.64. The summed E-state index contributed by atoms with van der Waals surface area (Å²) in [6.07, 6.45) is 0. The molecule has 1 aromatic carbocycles. The zero-order valence-corrected chi connectivity index (χ0v) is 13.8. The average molecular weight is 328 g/mol. The normalized spacial score (nSPS) is 10.6. The Labute approximate surface area is 137 Å². The Bertz CT molecular complexity index is 853. The predicted octanol–water partition coefficient (Wildman–Crippen LogP) is 3.27. The molecule has 0 saturated heterocycles. The molecular weight excluding hydrogens is 312 g/mol. The molecule has 1 N–H and O–H groups in total. The van der Waals surface area contributed by atoms with Gasteiger partial charge in [-0.2, -0.15) is 9.78 Å². The number of methoxy groups -OCH3 is 1. The second-order valence-corrected chi connectivity index (χ2v) is 5.85. The number of hydrogen-bond donors (Lipinski definition) is 1. The molecule has 0 aliphatic carbocycles. The molecule has 0 aliphatic heterocycles. The molecule has 0 bridgehead atoms. The highest BCUT2D eigenvalue weighted by molar-refractivity contribution is 7.12. The van der Waals surface area contributed by atoms with E-state index in [1.165, 1.54) is 18.3 Å². The first-order valence-electron chi connectivity index (χ1n) is 7.01. The summed E-state index contributed by atoms with van der Waals surface area (Å²) in [5, 5.41) is 9.82. The Kier molecular flexibility index (Phi) is 4.12. The highest BCUT2D eigenvalue weighted by Gasteiger charge is 2.13. The van der Waals surface area contributed by atoms with Crippen LogP contribution in [0.3, 0.4) is 0 Å². The summed E-state index contributed by atoms with van der Waals surface area (Å²) in [5.74, 6) is 1.25. The molecular formula is C16H16N4O2S. The molecule has 3 aromatic rings. The maximum atomic E-state index is 11.3. The zero-order valence-electron chi connectivity index (χ0n) is 13.0. The Hall–Kier alpha value is -2.67. The minimum absolute atomic E-state index is 0.143. The molecule has 0 radical (unpaired) electrons. The first-order chi connectivity index (χ1) is 11.1. The number of ether oxygens (including phenoxy) is 1. The van der Waals surface area contributed by atoms with Crippen LogP contribution in [0.15, 0.2) is 35.7 Å². The van der Waals surface area contributed by atoms with Gasteiger partial charge >= 0.3 is 0 Å². The first kappa shape index (κ1) is 15.2. The van der Waals surface area contributed by atoms with Gasteiger partial charge in [0.2, 0.25) is 11.0 Å². The number of anilines is 1. The number of benzene rings is 1. The molecule has 0 fully saturated rings. The van der Waals surface area contributed by atoms with E-state index in [2.05, 4.69) is 15.4 Å². The van der Waals surface area contributed by atoms with Crippen LogP contribution >= 0.6 is 11.3 Å². The van der Waals surface area contributed by atoms with E-state index in [1.54, 1.807) is 11.8 Å². The number of rotatable bonds is 4. The highest BCUT2D eigenvalue weighted by Crippen LogP contribution is 2.28. The van der Waals surface area contributed by atoms with Crippen molar-refractivity contribution in [3.8, 4) is 22.1 Å². The number of carbonyl (C=O) groups excluding carboxylic acids is 1. The monoisotopic (exact) mass is 328 g/mol. The van der Waals surface area contributed by atoms with Gasteiger partial charge in [0.15, 0.2) is 0 Å². The molecule has 3 rings (SSSR count). The summed E-state index contributed by atoms with van der Waals surface area (Å²) in [5.41, 5.74) is 2.62. The van der Waals surface area contributed by atoms with Crippen LogP contribution in [0, 0.1) is 6.92 Å². The van der Waals surface area contributed by atoms with E-state index < -0.39 is 0 Å². The third kappa shape index (κ3) is 3.24. The topological polar surface area (TPSA) is 69.0 Å². The summed E-state index contributed by atoms with van der Waals surface area (Å²) in [6, 6.07) is 9.54. The van der Waals surface area contributed by atoms with Crippen molar-refractivity contribution in [2.24, 2.45) is 0 Å². The number of nitrogens with zero attached hydrogens (tertiary/aromatic N) is 3. The van der Waals surface area contributed by atoms with Gasteiger partial charge in [-0.25, -0.2) is 4.98 Å². The lowest BCUT2D eigenvalue weighted by Gasteiger charge is -2.04. The molecule has 0 spiro atoms. The van der Waals surface area contributed by atoms with Crippen molar-refractivity contribution in [1.29, 1.82) is 0 Å². The molecule has 2 heterocycles. The SMILES string of the molecule is COc1cccc(-c2csc(-n3nc(C)cc3NC(C)=O)n2)c1. The molecule has 1 amide bonds. The van der Waals surface area contributed by atoms with Crippen molar-refractivity contribution in [2.75, 3.05) is 12.4 Å². The van der Waals surface area contributed by atoms with Gasteiger partial charge in [-0.3, -0.25) is 4.79 Å². The zero-order chi connectivity index (χ0) is 16.4. The molecule has 7 heteroatoms. The van der Waals surface area contributed by atoms with E-state index in [1.807, 2.05) is 42.6 Å². The molecule has 0 aliphatic rings. The predicted molar refractivity (Wildman–Crippen MR) is 90.3 cm³/mol. The van der Waals surface area contributed by atoms with E-state index in [0.717, 1.165) is 22.7 Å². The van der Waals surface area contributed by atoms with Crippen LogP contribution < -0.4 is 10.1 Å². The Balaban J connectivity index is 1.97. The Morgan fingerprint density at radius 2 is 2.17 bits per heavy atom. The van der Waals surface area contributed by atoms with Gasteiger partial charge < -0.3 is 10.1 Å². The third-order valence-corrected chi connectivity index (χ3v) is 3.99. The fourth-order valence-electron chi connectivity index (χ4n) is 2.19. The van der Waals surface area contributed by atoms with Crippen molar-refractivity contribution in [3.63, 3.8) is 0 Å². The summed E-state index contributed by atoms with van der Waals surface area (Å²) >= 11 is 1.46. The number of carbonyl (C=O) groups is 1. The number of nitrogens with one attached hydrogen (secondary N) is 1. The fourth-order valence-corrected chi connectivity index (χ4v) is 2.99. The molecule has 0 atom stereocenters. The lowest BCUT2D eigenvalue weighted by molar-refractivity contribution is -0.114. The standard InChI is InChI=1S/C16H16N4O2S/c1-10-7-15(17-11(2)21)20(19-10)16-18-14(9-23-16)12-5-4-6-13(8-12)22-3/h4-9H,1-3H3,(H,17,21). The summed E-state index contributed by atoms with van der Waals surface area (Å²) < 4.78 is 6.89. The van der Waals surface area contributed by atoms with Crippen LogP contribution in [0.1, 0.15) is 12.6 Å². The van der Waals surface area contributed by atoms with Crippen molar-refractivity contribution in [2.45, 2.75) is 13.8 Å². The van der Waals surface area contributed by atoms with Crippen LogP contribution in [-0.2, 0) is 4.79 Å². The average Bonchev–Trinajstić information content (AvgIpc) is 3.13. The van der Waals surface area contributed by atoms with Gasteiger partial charge in [-0.1, -0.05) is 12.1 Å². The molecule has 6 nitrogen and oxygen atoms in total. The molecule has 118 valence electrons. The molecule has 2 aromatic heterocycles. The van der Waals surface area contributed by atoms with E-state index in [4.69, 9.17) is 4.74 Å². The molecule has 0 unspecified atom stereocenters. The van der Waals surface area contributed by atoms with E-state index in [0.29, 0.717) is 10.9 Å². The minimum atomic E-state index is -0.143. The lowest BCUT2D eigenvalue weighted by atomic mass is 10.2. The van der Waals surface area contributed by atoms with Gasteiger partial charge in [0, 0.05) is 23.9 Å².